The van der Waals surface area contributed by atoms with Crippen LogP contribution in [0.3, 0.4) is 0 Å². The standard InChI is InChI=1S/C18H45PSi4/c1-14-19-17(20(2,3)4,21(5,6)7)15-16-18(19,22(8,9)10)23(11,12)13/h14-16H2,1-13H3. The monoisotopic (exact) mass is 404 g/mol. The van der Waals surface area contributed by atoms with Gasteiger partial charge in [0.15, 0.2) is 0 Å². The molecule has 1 aliphatic rings. The summed E-state index contributed by atoms with van der Waals surface area (Å²) in [6.07, 6.45) is 4.68. The second kappa shape index (κ2) is 6.18. The van der Waals surface area contributed by atoms with Crippen LogP contribution in [0.2, 0.25) is 78.6 Å². The molecule has 0 nitrogen and oxygen atoms in total. The third-order valence-corrected chi connectivity index (χ3v) is 41.2. The van der Waals surface area contributed by atoms with Crippen molar-refractivity contribution in [2.24, 2.45) is 0 Å². The maximum absolute atomic E-state index is 2.72. The number of hydrogen-bond acceptors (Lipinski definition) is 0. The zero-order valence-electron chi connectivity index (χ0n) is 18.6. The lowest BCUT2D eigenvalue weighted by atomic mass is 10.4. The van der Waals surface area contributed by atoms with Crippen molar-refractivity contribution in [2.75, 3.05) is 6.16 Å². The molecule has 1 heterocycles. The molecule has 0 amide bonds. The smallest absolute Gasteiger partial charge is 0.0525 e. The van der Waals surface area contributed by atoms with Crippen LogP contribution in [0.1, 0.15) is 19.8 Å². The summed E-state index contributed by atoms with van der Waals surface area (Å²) in [5.74, 6) is 0. The predicted octanol–water partition coefficient (Wildman–Crippen LogP) is 7.27. The molecular weight excluding hydrogens is 360 g/mol. The Morgan fingerprint density at radius 3 is 0.913 bits per heavy atom. The van der Waals surface area contributed by atoms with Gasteiger partial charge < -0.3 is 0 Å². The summed E-state index contributed by atoms with van der Waals surface area (Å²) in [4.78, 5) is 0. The number of rotatable bonds is 5. The molecule has 1 fully saturated rings. The summed E-state index contributed by atoms with van der Waals surface area (Å²) in [6.45, 7) is 35.2. The van der Waals surface area contributed by atoms with Gasteiger partial charge in [0.2, 0.25) is 0 Å². The lowest BCUT2D eigenvalue weighted by Crippen LogP contribution is -2.69. The SMILES string of the molecule is CCP1C([Si](C)(C)C)([Si](C)(C)C)CCC1([Si](C)(C)C)[Si](C)(C)C. The van der Waals surface area contributed by atoms with Gasteiger partial charge in [-0.2, -0.15) is 0 Å². The highest BCUT2D eigenvalue weighted by Gasteiger charge is 2.70. The Bertz CT molecular complexity index is 364. The highest BCUT2D eigenvalue weighted by Crippen LogP contribution is 2.77. The van der Waals surface area contributed by atoms with Gasteiger partial charge >= 0.3 is 0 Å². The van der Waals surface area contributed by atoms with Crippen molar-refractivity contribution in [3.63, 3.8) is 0 Å². The van der Waals surface area contributed by atoms with Crippen molar-refractivity contribution in [1.29, 1.82) is 0 Å². The summed E-state index contributed by atoms with van der Waals surface area (Å²) < 4.78 is 1.59. The van der Waals surface area contributed by atoms with E-state index in [1.807, 2.05) is 0 Å². The number of hydrogen-bond donors (Lipinski definition) is 0. The molecule has 0 N–H and O–H groups in total. The van der Waals surface area contributed by atoms with E-state index in [0.29, 0.717) is 0 Å². The molecule has 23 heavy (non-hydrogen) atoms. The Balaban J connectivity index is 3.78. The summed E-state index contributed by atoms with van der Waals surface area (Å²) in [7, 11) is -4.66. The van der Waals surface area contributed by atoms with Crippen LogP contribution in [-0.2, 0) is 0 Å². The summed E-state index contributed by atoms with van der Waals surface area (Å²) in [5.41, 5.74) is 0. The van der Waals surface area contributed by atoms with Crippen LogP contribution in [-0.4, -0.2) is 47.3 Å². The zero-order chi connectivity index (χ0) is 18.7. The third kappa shape index (κ3) is 3.11. The fraction of sp³-hybridized carbons (Fsp3) is 1.00. The van der Waals surface area contributed by atoms with E-state index in [2.05, 4.69) is 85.5 Å². The molecule has 0 unspecified atom stereocenters. The van der Waals surface area contributed by atoms with Crippen LogP contribution >= 0.6 is 7.92 Å². The lowest BCUT2D eigenvalue weighted by Gasteiger charge is -2.61. The van der Waals surface area contributed by atoms with Gasteiger partial charge in [-0.05, 0) is 27.8 Å². The van der Waals surface area contributed by atoms with Gasteiger partial charge in [0.05, 0.1) is 32.3 Å². The van der Waals surface area contributed by atoms with Crippen molar-refractivity contribution in [3.8, 4) is 0 Å². The fourth-order valence-electron chi connectivity index (χ4n) is 6.87. The van der Waals surface area contributed by atoms with Gasteiger partial charge in [0.25, 0.3) is 0 Å². The van der Waals surface area contributed by atoms with E-state index in [0.717, 1.165) is 8.81 Å². The van der Waals surface area contributed by atoms with Crippen LogP contribution in [0.5, 0.6) is 0 Å². The second-order valence-corrected chi connectivity index (χ2v) is 39.1. The second-order valence-electron chi connectivity index (χ2n) is 12.0. The van der Waals surface area contributed by atoms with Crippen molar-refractivity contribution >= 4 is 40.2 Å². The van der Waals surface area contributed by atoms with E-state index >= 15 is 0 Å². The average Bonchev–Trinajstić information content (AvgIpc) is 2.62. The molecule has 0 aliphatic carbocycles. The van der Waals surface area contributed by atoms with Crippen molar-refractivity contribution < 1.29 is 0 Å². The van der Waals surface area contributed by atoms with E-state index in [-0.39, 0.29) is 7.92 Å². The quantitative estimate of drug-likeness (QED) is 0.334. The van der Waals surface area contributed by atoms with Crippen molar-refractivity contribution in [3.05, 3.63) is 0 Å². The first-order chi connectivity index (χ1) is 9.90. The van der Waals surface area contributed by atoms with Gasteiger partial charge in [-0.3, -0.25) is 0 Å². The molecule has 5 heteroatoms. The average molecular weight is 405 g/mol. The van der Waals surface area contributed by atoms with Crippen LogP contribution in [0.15, 0.2) is 0 Å². The van der Waals surface area contributed by atoms with Gasteiger partial charge in [-0.25, -0.2) is 0 Å². The molecule has 0 spiro atoms. The molecule has 1 aliphatic heterocycles. The van der Waals surface area contributed by atoms with Crippen LogP contribution < -0.4 is 0 Å². The van der Waals surface area contributed by atoms with E-state index in [1.54, 1.807) is 12.8 Å². The lowest BCUT2D eigenvalue weighted by molar-refractivity contribution is 0.775. The Kier molecular flexibility index (Phi) is 6.00. The van der Waals surface area contributed by atoms with Crippen molar-refractivity contribution in [1.82, 2.24) is 0 Å². The fourth-order valence-corrected chi connectivity index (χ4v) is 49.3. The summed E-state index contributed by atoms with van der Waals surface area (Å²) in [6, 6.07) is 0. The van der Waals surface area contributed by atoms with Crippen LogP contribution in [0.4, 0.5) is 0 Å². The van der Waals surface area contributed by atoms with Crippen molar-refractivity contribution in [2.45, 2.75) is 107 Å². The van der Waals surface area contributed by atoms with Gasteiger partial charge in [0.1, 0.15) is 0 Å². The highest BCUT2D eigenvalue weighted by molar-refractivity contribution is 7.74. The minimum Gasteiger partial charge on any atom is -0.105 e. The van der Waals surface area contributed by atoms with E-state index in [9.17, 15) is 0 Å². The first-order valence-corrected chi connectivity index (χ1v) is 25.2. The predicted molar refractivity (Wildman–Crippen MR) is 126 cm³/mol. The van der Waals surface area contributed by atoms with Crippen LogP contribution in [0.25, 0.3) is 0 Å². The highest BCUT2D eigenvalue weighted by atomic mass is 31.1. The maximum Gasteiger partial charge on any atom is 0.0525 e. The molecule has 1 saturated heterocycles. The molecule has 1 rings (SSSR count). The largest absolute Gasteiger partial charge is 0.105 e. The Labute approximate surface area is 153 Å². The zero-order valence-corrected chi connectivity index (χ0v) is 23.5. The molecule has 0 radical (unpaired) electrons. The van der Waals surface area contributed by atoms with E-state index in [4.69, 9.17) is 0 Å². The summed E-state index contributed by atoms with van der Waals surface area (Å²) >= 11 is 0. The molecule has 0 aromatic heterocycles. The summed E-state index contributed by atoms with van der Waals surface area (Å²) in [5, 5.41) is 0. The molecule has 0 atom stereocenters. The molecular formula is C18H45PSi4. The minimum absolute atomic E-state index is 0.156. The Hall–Kier alpha value is 1.30. The van der Waals surface area contributed by atoms with E-state index in [1.165, 1.54) is 6.16 Å². The first kappa shape index (κ1) is 22.3. The third-order valence-electron chi connectivity index (χ3n) is 7.05. The molecule has 0 aromatic rings. The normalized spacial score (nSPS) is 23.3. The van der Waals surface area contributed by atoms with Gasteiger partial charge in [-0.1, -0.05) is 85.5 Å². The Morgan fingerprint density at radius 2 is 0.783 bits per heavy atom. The first-order valence-electron chi connectivity index (χ1n) is 9.68. The molecule has 0 saturated carbocycles. The molecule has 0 aromatic carbocycles. The molecule has 0 bridgehead atoms. The minimum atomic E-state index is -1.21. The van der Waals surface area contributed by atoms with Crippen LogP contribution in [0, 0.1) is 0 Å². The van der Waals surface area contributed by atoms with Gasteiger partial charge in [0, 0.05) is 0 Å². The Morgan fingerprint density at radius 1 is 0.565 bits per heavy atom. The van der Waals surface area contributed by atoms with Gasteiger partial charge in [-0.15, -0.1) is 7.92 Å². The maximum atomic E-state index is 2.72. The van der Waals surface area contributed by atoms with E-state index < -0.39 is 32.3 Å². The topological polar surface area (TPSA) is 0 Å². The molecule has 138 valence electrons.